The fourth-order valence-corrected chi connectivity index (χ4v) is 3.47. The Labute approximate surface area is 122 Å². The number of methoxy groups -OCH3 is 1. The lowest BCUT2D eigenvalue weighted by atomic mass is 10.1. The minimum Gasteiger partial charge on any atom is -0.469 e. The fraction of sp³-hybridized carbons (Fsp3) is 0.467. The first kappa shape index (κ1) is 13.4. The summed E-state index contributed by atoms with van der Waals surface area (Å²) in [6.45, 7) is 1.39. The highest BCUT2D eigenvalue weighted by molar-refractivity contribution is 7.11. The second kappa shape index (κ2) is 5.40. The van der Waals surface area contributed by atoms with Crippen LogP contribution in [0.5, 0.6) is 0 Å². The van der Waals surface area contributed by atoms with Crippen molar-refractivity contribution in [3.8, 4) is 0 Å². The van der Waals surface area contributed by atoms with Gasteiger partial charge >= 0.3 is 5.97 Å². The molecule has 3 rings (SSSR count). The van der Waals surface area contributed by atoms with E-state index in [2.05, 4.69) is 22.3 Å². The molecule has 0 spiro atoms. The molecule has 0 aromatic carbocycles. The van der Waals surface area contributed by atoms with E-state index in [4.69, 9.17) is 0 Å². The molecule has 0 saturated heterocycles. The third-order valence-electron chi connectivity index (χ3n) is 3.97. The number of ether oxygens (including phenoxy) is 1. The molecule has 106 valence electrons. The van der Waals surface area contributed by atoms with Crippen LogP contribution in [0.3, 0.4) is 0 Å². The highest BCUT2D eigenvalue weighted by atomic mass is 32.1. The van der Waals surface area contributed by atoms with Crippen LogP contribution in [0.4, 0.5) is 0 Å². The maximum absolute atomic E-state index is 12.3. The number of hydrogen-bond acceptors (Lipinski definition) is 4. The molecule has 0 bridgehead atoms. The standard InChI is InChI=1S/C15H17NO3S/c1-19-15(18)12-9-11(12)14(17)16-6-4-10(5-7-16)13-3-2-8-20-13/h2-4,8,11-12H,5-7,9H2,1H3/t11-,12+/m1/s1. The van der Waals surface area contributed by atoms with E-state index >= 15 is 0 Å². The van der Waals surface area contributed by atoms with Crippen LogP contribution in [0.15, 0.2) is 23.6 Å². The molecule has 2 heterocycles. The van der Waals surface area contributed by atoms with Gasteiger partial charge in [0.2, 0.25) is 5.91 Å². The summed E-state index contributed by atoms with van der Waals surface area (Å²) in [5, 5.41) is 2.07. The molecule has 5 heteroatoms. The van der Waals surface area contributed by atoms with Gasteiger partial charge in [0.05, 0.1) is 18.9 Å². The predicted octanol–water partition coefficient (Wildman–Crippen LogP) is 2.17. The zero-order valence-electron chi connectivity index (χ0n) is 11.4. The van der Waals surface area contributed by atoms with Crippen LogP contribution in [0.2, 0.25) is 0 Å². The van der Waals surface area contributed by atoms with E-state index in [1.165, 1.54) is 17.6 Å². The molecule has 1 aliphatic carbocycles. The van der Waals surface area contributed by atoms with Crippen molar-refractivity contribution >= 4 is 28.8 Å². The Morgan fingerprint density at radius 3 is 2.85 bits per heavy atom. The zero-order chi connectivity index (χ0) is 14.1. The summed E-state index contributed by atoms with van der Waals surface area (Å²) >= 11 is 1.73. The van der Waals surface area contributed by atoms with Gasteiger partial charge in [0.15, 0.2) is 0 Å². The molecule has 1 fully saturated rings. The summed E-state index contributed by atoms with van der Waals surface area (Å²) in [5.74, 6) is -0.522. The molecule has 0 radical (unpaired) electrons. The quantitative estimate of drug-likeness (QED) is 0.802. The van der Waals surface area contributed by atoms with Gasteiger partial charge in [-0.1, -0.05) is 12.1 Å². The molecule has 0 N–H and O–H groups in total. The molecule has 2 atom stereocenters. The number of nitrogens with zero attached hydrogens (tertiary/aromatic N) is 1. The Hall–Kier alpha value is -1.62. The minimum absolute atomic E-state index is 0.0990. The zero-order valence-corrected chi connectivity index (χ0v) is 12.2. The van der Waals surface area contributed by atoms with Crippen molar-refractivity contribution in [2.75, 3.05) is 20.2 Å². The monoisotopic (exact) mass is 291 g/mol. The van der Waals surface area contributed by atoms with E-state index in [0.717, 1.165) is 13.0 Å². The van der Waals surface area contributed by atoms with E-state index in [-0.39, 0.29) is 23.7 Å². The number of carbonyl (C=O) groups excluding carboxylic acids is 2. The lowest BCUT2D eigenvalue weighted by Gasteiger charge is -2.26. The average molecular weight is 291 g/mol. The smallest absolute Gasteiger partial charge is 0.309 e. The third kappa shape index (κ3) is 2.50. The molecule has 1 aromatic heterocycles. The number of hydrogen-bond donors (Lipinski definition) is 0. The summed E-state index contributed by atoms with van der Waals surface area (Å²) in [6.07, 6.45) is 3.66. The molecule has 4 nitrogen and oxygen atoms in total. The van der Waals surface area contributed by atoms with Gasteiger partial charge in [-0.2, -0.15) is 0 Å². The van der Waals surface area contributed by atoms with E-state index in [0.29, 0.717) is 13.0 Å². The van der Waals surface area contributed by atoms with Gasteiger partial charge < -0.3 is 9.64 Å². The van der Waals surface area contributed by atoms with Crippen molar-refractivity contribution in [3.63, 3.8) is 0 Å². The van der Waals surface area contributed by atoms with Gasteiger partial charge in [0.1, 0.15) is 0 Å². The van der Waals surface area contributed by atoms with Crippen LogP contribution in [0.25, 0.3) is 5.57 Å². The van der Waals surface area contributed by atoms with Crippen molar-refractivity contribution in [3.05, 3.63) is 28.5 Å². The predicted molar refractivity (Wildman–Crippen MR) is 77.1 cm³/mol. The first-order valence-electron chi connectivity index (χ1n) is 6.80. The number of esters is 1. The van der Waals surface area contributed by atoms with Crippen molar-refractivity contribution < 1.29 is 14.3 Å². The Morgan fingerprint density at radius 2 is 2.25 bits per heavy atom. The third-order valence-corrected chi connectivity index (χ3v) is 4.92. The number of carbonyl (C=O) groups is 2. The molecular formula is C15H17NO3S. The van der Waals surface area contributed by atoms with Crippen LogP contribution in [0.1, 0.15) is 17.7 Å². The molecule has 1 amide bonds. The van der Waals surface area contributed by atoms with Gasteiger partial charge in [-0.15, -0.1) is 11.3 Å². The lowest BCUT2D eigenvalue weighted by molar-refractivity contribution is -0.144. The van der Waals surface area contributed by atoms with Crippen LogP contribution >= 0.6 is 11.3 Å². The van der Waals surface area contributed by atoms with Crippen molar-refractivity contribution in [2.45, 2.75) is 12.8 Å². The molecule has 1 aromatic rings. The Kier molecular flexibility index (Phi) is 3.61. The van der Waals surface area contributed by atoms with Gasteiger partial charge in [-0.3, -0.25) is 9.59 Å². The average Bonchev–Trinajstić information content (AvgIpc) is 3.10. The Morgan fingerprint density at radius 1 is 1.40 bits per heavy atom. The molecule has 2 aliphatic rings. The summed E-state index contributed by atoms with van der Waals surface area (Å²) in [5.41, 5.74) is 1.32. The van der Waals surface area contributed by atoms with E-state index in [1.807, 2.05) is 11.0 Å². The summed E-state index contributed by atoms with van der Waals surface area (Å²) in [4.78, 5) is 26.8. The SMILES string of the molecule is COC(=O)[C@H]1C[C@H]1C(=O)N1CC=C(c2cccs2)CC1. The minimum atomic E-state index is -0.254. The first-order valence-corrected chi connectivity index (χ1v) is 7.68. The molecule has 1 saturated carbocycles. The fourth-order valence-electron chi connectivity index (χ4n) is 2.67. The second-order valence-corrected chi connectivity index (χ2v) is 6.16. The van der Waals surface area contributed by atoms with Gasteiger partial charge in [-0.05, 0) is 29.9 Å². The number of amides is 1. The highest BCUT2D eigenvalue weighted by Gasteiger charge is 2.50. The summed E-state index contributed by atoms with van der Waals surface area (Å²) in [6, 6.07) is 4.16. The van der Waals surface area contributed by atoms with Gasteiger partial charge in [0.25, 0.3) is 0 Å². The first-order chi connectivity index (χ1) is 9.70. The summed E-state index contributed by atoms with van der Waals surface area (Å²) in [7, 11) is 1.37. The molecule has 0 unspecified atom stereocenters. The second-order valence-electron chi connectivity index (χ2n) is 5.21. The van der Waals surface area contributed by atoms with Gasteiger partial charge in [0, 0.05) is 18.0 Å². The lowest BCUT2D eigenvalue weighted by Crippen LogP contribution is -2.36. The van der Waals surface area contributed by atoms with E-state index < -0.39 is 0 Å². The highest BCUT2D eigenvalue weighted by Crippen LogP contribution is 2.41. The largest absolute Gasteiger partial charge is 0.469 e. The van der Waals surface area contributed by atoms with Crippen molar-refractivity contribution in [2.24, 2.45) is 11.8 Å². The molecule has 20 heavy (non-hydrogen) atoms. The topological polar surface area (TPSA) is 46.6 Å². The Balaban J connectivity index is 1.59. The van der Waals surface area contributed by atoms with Crippen LogP contribution in [-0.4, -0.2) is 37.0 Å². The summed E-state index contributed by atoms with van der Waals surface area (Å²) < 4.78 is 4.69. The van der Waals surface area contributed by atoms with Crippen LogP contribution in [-0.2, 0) is 14.3 Å². The van der Waals surface area contributed by atoms with Crippen molar-refractivity contribution in [1.82, 2.24) is 4.90 Å². The van der Waals surface area contributed by atoms with Crippen LogP contribution in [0, 0.1) is 11.8 Å². The van der Waals surface area contributed by atoms with E-state index in [1.54, 1.807) is 11.3 Å². The van der Waals surface area contributed by atoms with E-state index in [9.17, 15) is 9.59 Å². The molecule has 1 aliphatic heterocycles. The maximum Gasteiger partial charge on any atom is 0.309 e. The van der Waals surface area contributed by atoms with Gasteiger partial charge in [-0.25, -0.2) is 0 Å². The van der Waals surface area contributed by atoms with Crippen molar-refractivity contribution in [1.29, 1.82) is 0 Å². The molecular weight excluding hydrogens is 274 g/mol. The normalized spacial score (nSPS) is 25.1. The maximum atomic E-state index is 12.3. The number of thiophene rings is 1. The Bertz CT molecular complexity index is 549. The number of rotatable bonds is 3. The van der Waals surface area contributed by atoms with Crippen LogP contribution < -0.4 is 0 Å².